The maximum atomic E-state index is 12.3. The van der Waals surface area contributed by atoms with Crippen LogP contribution in [0.4, 0.5) is 13.2 Å². The zero-order valence-electron chi connectivity index (χ0n) is 19.4. The van der Waals surface area contributed by atoms with Crippen molar-refractivity contribution in [3.63, 3.8) is 0 Å². The normalized spacial score (nSPS) is 13.7. The van der Waals surface area contributed by atoms with Crippen molar-refractivity contribution in [3.05, 3.63) is 59.4 Å². The minimum Gasteiger partial charge on any atom is -0.382 e. The molecule has 0 rings (SSSR count). The SMILES string of the molecule is C=C(CCC(F)(F)F)NC(CSC/C=C(\C)CC/C=C(\C)CCC=C(C)C)C(=C)C. The average Bonchev–Trinajstić information content (AvgIpc) is 2.61. The van der Waals surface area contributed by atoms with Gasteiger partial charge in [-0.05, 0) is 66.7 Å². The molecule has 0 aromatic rings. The van der Waals surface area contributed by atoms with Crippen LogP contribution in [0.5, 0.6) is 0 Å². The van der Waals surface area contributed by atoms with E-state index in [2.05, 4.69) is 64.4 Å². The molecule has 0 spiro atoms. The van der Waals surface area contributed by atoms with Crippen LogP contribution in [0.3, 0.4) is 0 Å². The van der Waals surface area contributed by atoms with Gasteiger partial charge in [-0.2, -0.15) is 24.9 Å². The van der Waals surface area contributed by atoms with Gasteiger partial charge in [-0.3, -0.25) is 0 Å². The van der Waals surface area contributed by atoms with Gasteiger partial charge >= 0.3 is 6.18 Å². The molecular formula is C25H40F3NS. The predicted octanol–water partition coefficient (Wildman–Crippen LogP) is 8.53. The summed E-state index contributed by atoms with van der Waals surface area (Å²) in [7, 11) is 0. The third-order valence-electron chi connectivity index (χ3n) is 4.64. The summed E-state index contributed by atoms with van der Waals surface area (Å²) in [6, 6.07) is -0.0594. The number of alkyl halides is 3. The van der Waals surface area contributed by atoms with Crippen LogP contribution in [-0.4, -0.2) is 23.7 Å². The summed E-state index contributed by atoms with van der Waals surface area (Å²) in [5.74, 6) is 1.64. The van der Waals surface area contributed by atoms with E-state index in [1.165, 1.54) is 16.7 Å². The maximum absolute atomic E-state index is 12.3. The van der Waals surface area contributed by atoms with Crippen molar-refractivity contribution in [2.24, 2.45) is 0 Å². The van der Waals surface area contributed by atoms with Crippen molar-refractivity contribution < 1.29 is 13.2 Å². The van der Waals surface area contributed by atoms with Gasteiger partial charge in [0.15, 0.2) is 0 Å². The molecule has 30 heavy (non-hydrogen) atoms. The Bertz CT molecular complexity index is 623. The van der Waals surface area contributed by atoms with Gasteiger partial charge in [0.1, 0.15) is 0 Å². The fraction of sp³-hybridized carbons (Fsp3) is 0.600. The van der Waals surface area contributed by atoms with Crippen LogP contribution in [-0.2, 0) is 0 Å². The van der Waals surface area contributed by atoms with Crippen LogP contribution in [0.25, 0.3) is 0 Å². The van der Waals surface area contributed by atoms with Gasteiger partial charge in [0.25, 0.3) is 0 Å². The van der Waals surface area contributed by atoms with Gasteiger partial charge in [0, 0.05) is 23.6 Å². The van der Waals surface area contributed by atoms with Gasteiger partial charge in [0.2, 0.25) is 0 Å². The van der Waals surface area contributed by atoms with Crippen molar-refractivity contribution >= 4 is 11.8 Å². The summed E-state index contributed by atoms with van der Waals surface area (Å²) >= 11 is 1.75. The topological polar surface area (TPSA) is 12.0 Å². The minimum absolute atomic E-state index is 0.0594. The molecule has 1 nitrogen and oxygen atoms in total. The molecule has 1 N–H and O–H groups in total. The van der Waals surface area contributed by atoms with Crippen molar-refractivity contribution in [1.29, 1.82) is 0 Å². The highest BCUT2D eigenvalue weighted by atomic mass is 32.2. The summed E-state index contributed by atoms with van der Waals surface area (Å²) in [5, 5.41) is 3.10. The van der Waals surface area contributed by atoms with Crippen LogP contribution in [0.2, 0.25) is 0 Å². The molecule has 0 aromatic heterocycles. The van der Waals surface area contributed by atoms with Crippen molar-refractivity contribution in [3.8, 4) is 0 Å². The highest BCUT2D eigenvalue weighted by Crippen LogP contribution is 2.23. The fourth-order valence-electron chi connectivity index (χ4n) is 2.64. The van der Waals surface area contributed by atoms with Gasteiger partial charge in [-0.15, -0.1) is 0 Å². The molecule has 0 radical (unpaired) electrons. The first-order valence-corrected chi connectivity index (χ1v) is 11.7. The molecule has 0 aliphatic carbocycles. The Labute approximate surface area is 186 Å². The highest BCUT2D eigenvalue weighted by Gasteiger charge is 2.27. The van der Waals surface area contributed by atoms with E-state index in [0.717, 1.165) is 42.8 Å². The van der Waals surface area contributed by atoms with E-state index in [9.17, 15) is 13.2 Å². The van der Waals surface area contributed by atoms with Gasteiger partial charge in [-0.1, -0.05) is 53.7 Å². The van der Waals surface area contributed by atoms with E-state index in [1.54, 1.807) is 11.8 Å². The highest BCUT2D eigenvalue weighted by molar-refractivity contribution is 7.99. The van der Waals surface area contributed by atoms with Crippen LogP contribution < -0.4 is 5.32 Å². The van der Waals surface area contributed by atoms with E-state index in [-0.39, 0.29) is 12.5 Å². The summed E-state index contributed by atoms with van der Waals surface area (Å²) in [4.78, 5) is 0. The minimum atomic E-state index is -4.15. The standard InChI is InChI=1S/C25H40F3NS/c1-19(2)10-8-11-21(5)12-9-13-22(6)15-17-30-18-24(20(3)4)29-23(7)14-16-25(26,27)28/h10,12,15,24,29H,3,7-9,11,13-14,16-18H2,1-2,4-6H3/b21-12+,22-15+. The largest absolute Gasteiger partial charge is 0.389 e. The Kier molecular flexibility index (Phi) is 14.7. The van der Waals surface area contributed by atoms with Gasteiger partial charge in [-0.25, -0.2) is 0 Å². The smallest absolute Gasteiger partial charge is 0.382 e. The molecule has 5 heteroatoms. The quantitative estimate of drug-likeness (QED) is 0.201. The number of allylic oxidation sites excluding steroid dienone is 6. The third-order valence-corrected chi connectivity index (χ3v) is 5.61. The van der Waals surface area contributed by atoms with E-state index < -0.39 is 12.6 Å². The number of hydrogen-bond acceptors (Lipinski definition) is 2. The third kappa shape index (κ3) is 17.5. The van der Waals surface area contributed by atoms with Crippen molar-refractivity contribution in [2.45, 2.75) is 85.4 Å². The first-order valence-electron chi connectivity index (χ1n) is 10.6. The second-order valence-corrected chi connectivity index (χ2v) is 9.33. The molecule has 0 amide bonds. The Hall–Kier alpha value is -1.36. The summed E-state index contributed by atoms with van der Waals surface area (Å²) < 4.78 is 37.0. The van der Waals surface area contributed by atoms with Gasteiger partial charge in [0.05, 0.1) is 6.04 Å². The first-order chi connectivity index (χ1) is 13.9. The molecule has 0 aliphatic rings. The Balaban J connectivity index is 4.24. The van der Waals surface area contributed by atoms with Crippen molar-refractivity contribution in [2.75, 3.05) is 11.5 Å². The Morgan fingerprint density at radius 1 is 0.900 bits per heavy atom. The summed E-state index contributed by atoms with van der Waals surface area (Å²) in [6.45, 7) is 18.2. The van der Waals surface area contributed by atoms with E-state index >= 15 is 0 Å². The molecule has 0 saturated heterocycles. The van der Waals surface area contributed by atoms with Crippen LogP contribution in [0.1, 0.15) is 73.1 Å². The molecule has 172 valence electrons. The zero-order chi connectivity index (χ0) is 23.2. The molecule has 1 unspecified atom stereocenters. The second-order valence-electron chi connectivity index (χ2n) is 8.26. The van der Waals surface area contributed by atoms with Crippen molar-refractivity contribution in [1.82, 2.24) is 5.32 Å². The van der Waals surface area contributed by atoms with E-state index in [0.29, 0.717) is 5.70 Å². The predicted molar refractivity (Wildman–Crippen MR) is 129 cm³/mol. The molecule has 0 aromatic carbocycles. The molecule has 1 atom stereocenters. The lowest BCUT2D eigenvalue weighted by Gasteiger charge is -2.21. The molecule has 0 heterocycles. The number of hydrogen-bond donors (Lipinski definition) is 1. The molecule has 0 saturated carbocycles. The maximum Gasteiger partial charge on any atom is 0.389 e. The lowest BCUT2D eigenvalue weighted by atomic mass is 10.1. The Morgan fingerprint density at radius 2 is 1.47 bits per heavy atom. The summed E-state index contributed by atoms with van der Waals surface area (Å²) in [6.07, 6.45) is 6.08. The van der Waals surface area contributed by atoms with Crippen LogP contribution in [0, 0.1) is 0 Å². The zero-order valence-corrected chi connectivity index (χ0v) is 20.2. The van der Waals surface area contributed by atoms with E-state index in [4.69, 9.17) is 0 Å². The van der Waals surface area contributed by atoms with E-state index in [1.807, 2.05) is 6.92 Å². The molecule has 0 aliphatic heterocycles. The lowest BCUT2D eigenvalue weighted by molar-refractivity contribution is -0.134. The van der Waals surface area contributed by atoms with Crippen LogP contribution in [0.15, 0.2) is 59.4 Å². The monoisotopic (exact) mass is 443 g/mol. The summed E-state index contributed by atoms with van der Waals surface area (Å²) in [5.41, 5.74) is 5.50. The fourth-order valence-corrected chi connectivity index (χ4v) is 3.79. The molecule has 0 bridgehead atoms. The Morgan fingerprint density at radius 3 is 2.00 bits per heavy atom. The van der Waals surface area contributed by atoms with Gasteiger partial charge < -0.3 is 5.32 Å². The number of rotatable bonds is 15. The molecular weight excluding hydrogens is 403 g/mol. The second kappa shape index (κ2) is 15.4. The average molecular weight is 444 g/mol. The molecule has 0 fully saturated rings. The number of nitrogens with one attached hydrogen (secondary N) is 1. The first kappa shape index (κ1) is 28.6. The lowest BCUT2D eigenvalue weighted by Crippen LogP contribution is -2.31. The number of halogens is 3. The number of thioether (sulfide) groups is 1. The van der Waals surface area contributed by atoms with Crippen LogP contribution >= 0.6 is 11.8 Å².